The van der Waals surface area contributed by atoms with Crippen LogP contribution in [-0.4, -0.2) is 31.0 Å². The van der Waals surface area contributed by atoms with Crippen molar-refractivity contribution in [3.63, 3.8) is 0 Å². The van der Waals surface area contributed by atoms with E-state index in [1.807, 2.05) is 30.5 Å². The van der Waals surface area contributed by atoms with Crippen LogP contribution in [0.15, 0.2) is 52.5 Å². The number of amides is 1. The van der Waals surface area contributed by atoms with Crippen LogP contribution >= 0.6 is 11.8 Å². The summed E-state index contributed by atoms with van der Waals surface area (Å²) in [6.07, 6.45) is 2.03. The second-order valence-electron chi connectivity index (χ2n) is 6.05. The molecule has 3 aromatic rings. The van der Waals surface area contributed by atoms with Gasteiger partial charge in [-0.3, -0.25) is 9.59 Å². The summed E-state index contributed by atoms with van der Waals surface area (Å²) in [6, 6.07) is 10.6. The molecule has 8 heteroatoms. The number of fused-ring (bicyclic) bond motifs is 1. The van der Waals surface area contributed by atoms with E-state index in [4.69, 9.17) is 0 Å². The fraction of sp³-hybridized carbons (Fsp3) is 0.222. The van der Waals surface area contributed by atoms with Gasteiger partial charge in [0.1, 0.15) is 6.54 Å². The van der Waals surface area contributed by atoms with Gasteiger partial charge in [0.15, 0.2) is 5.16 Å². The lowest BCUT2D eigenvalue weighted by atomic mass is 10.1. The van der Waals surface area contributed by atoms with E-state index in [9.17, 15) is 9.59 Å². The predicted octanol–water partition coefficient (Wildman–Crippen LogP) is 2.16. The first-order chi connectivity index (χ1) is 12.6. The van der Waals surface area contributed by atoms with Gasteiger partial charge in [-0.25, -0.2) is 9.67 Å². The first kappa shape index (κ1) is 16.6. The van der Waals surface area contributed by atoms with Crippen LogP contribution in [0.3, 0.4) is 0 Å². The van der Waals surface area contributed by atoms with Gasteiger partial charge in [0, 0.05) is 35.8 Å². The highest BCUT2D eigenvalue weighted by Crippen LogP contribution is 2.29. The molecule has 0 radical (unpaired) electrons. The van der Waals surface area contributed by atoms with Gasteiger partial charge in [-0.1, -0.05) is 23.9 Å². The predicted molar refractivity (Wildman–Crippen MR) is 100 cm³/mol. The maximum absolute atomic E-state index is 12.3. The maximum Gasteiger partial charge on any atom is 0.267 e. The lowest BCUT2D eigenvalue weighted by molar-refractivity contribution is -0.117. The summed E-state index contributed by atoms with van der Waals surface area (Å²) in [5, 5.41) is 7.92. The third-order valence-electron chi connectivity index (χ3n) is 4.04. The summed E-state index contributed by atoms with van der Waals surface area (Å²) in [6.45, 7) is 2.62. The molecule has 0 atom stereocenters. The zero-order chi connectivity index (χ0) is 18.1. The first-order valence-electron chi connectivity index (χ1n) is 8.23. The number of benzene rings is 1. The molecular weight excluding hydrogens is 350 g/mol. The fourth-order valence-corrected chi connectivity index (χ4v) is 3.75. The smallest absolute Gasteiger partial charge is 0.267 e. The summed E-state index contributed by atoms with van der Waals surface area (Å²) < 4.78 is 3.30. The van der Waals surface area contributed by atoms with E-state index in [0.29, 0.717) is 11.4 Å². The molecule has 26 heavy (non-hydrogen) atoms. The van der Waals surface area contributed by atoms with Gasteiger partial charge in [0.05, 0.1) is 11.4 Å². The number of carbonyl (C=O) groups excluding carboxylic acids is 1. The molecule has 1 N–H and O–H groups in total. The molecular formula is C18H17N5O2S. The van der Waals surface area contributed by atoms with E-state index in [1.165, 1.54) is 6.07 Å². The Bertz CT molecular complexity index is 1020. The summed E-state index contributed by atoms with van der Waals surface area (Å²) in [7, 11) is 0. The molecule has 4 rings (SSSR count). The summed E-state index contributed by atoms with van der Waals surface area (Å²) in [4.78, 5) is 28.7. The highest BCUT2D eigenvalue weighted by molar-refractivity contribution is 7.99. The molecule has 0 bridgehead atoms. The second kappa shape index (κ2) is 6.80. The van der Waals surface area contributed by atoms with Gasteiger partial charge in [0.25, 0.3) is 5.56 Å². The van der Waals surface area contributed by atoms with E-state index in [0.717, 1.165) is 33.4 Å². The van der Waals surface area contributed by atoms with Crippen LogP contribution in [-0.2, 0) is 17.9 Å². The molecule has 0 fully saturated rings. The quantitative estimate of drug-likeness (QED) is 0.764. The van der Waals surface area contributed by atoms with Crippen molar-refractivity contribution in [1.29, 1.82) is 0 Å². The molecule has 2 aromatic heterocycles. The van der Waals surface area contributed by atoms with E-state index in [1.54, 1.807) is 24.8 Å². The molecule has 1 aromatic carbocycles. The number of hydrogen-bond donors (Lipinski definition) is 1. The Morgan fingerprint density at radius 3 is 3.04 bits per heavy atom. The number of aryl methyl sites for hydroxylation is 2. The molecule has 1 aliphatic heterocycles. The van der Waals surface area contributed by atoms with Crippen molar-refractivity contribution in [3.05, 3.63) is 58.6 Å². The number of nitrogens with one attached hydrogen (secondary N) is 1. The zero-order valence-electron chi connectivity index (χ0n) is 14.2. The number of aromatic nitrogens is 4. The Labute approximate surface area is 154 Å². The molecule has 3 heterocycles. The Morgan fingerprint density at radius 1 is 1.31 bits per heavy atom. The molecule has 132 valence electrons. The number of carbonyl (C=O) groups is 1. The monoisotopic (exact) mass is 367 g/mol. The number of nitrogens with zero attached hydrogens (tertiary/aromatic N) is 4. The number of thioether (sulfide) groups is 1. The van der Waals surface area contributed by atoms with Crippen LogP contribution in [0.2, 0.25) is 0 Å². The van der Waals surface area contributed by atoms with Gasteiger partial charge >= 0.3 is 0 Å². The molecule has 0 aliphatic carbocycles. The topological polar surface area (TPSA) is 81.8 Å². The Morgan fingerprint density at radius 2 is 2.19 bits per heavy atom. The lowest BCUT2D eigenvalue weighted by Gasteiger charge is -2.08. The fourth-order valence-electron chi connectivity index (χ4n) is 2.81. The van der Waals surface area contributed by atoms with E-state index in [2.05, 4.69) is 20.0 Å². The average Bonchev–Trinajstić information content (AvgIpc) is 3.20. The highest BCUT2D eigenvalue weighted by Gasteiger charge is 2.15. The van der Waals surface area contributed by atoms with Gasteiger partial charge in [0.2, 0.25) is 5.91 Å². The van der Waals surface area contributed by atoms with Gasteiger partial charge in [-0.05, 0) is 25.1 Å². The van der Waals surface area contributed by atoms with Crippen molar-refractivity contribution in [2.75, 3.05) is 11.1 Å². The second-order valence-corrected chi connectivity index (χ2v) is 7.11. The summed E-state index contributed by atoms with van der Waals surface area (Å²) >= 11 is 1.74. The summed E-state index contributed by atoms with van der Waals surface area (Å²) in [5.74, 6) is 0.760. The number of hydrogen-bond acceptors (Lipinski definition) is 5. The molecule has 0 unspecified atom stereocenters. The zero-order valence-corrected chi connectivity index (χ0v) is 15.0. The Kier molecular flexibility index (Phi) is 4.34. The van der Waals surface area contributed by atoms with Crippen LogP contribution in [0.4, 0.5) is 5.69 Å². The van der Waals surface area contributed by atoms with Crippen LogP contribution in [0.25, 0.3) is 11.3 Å². The SMILES string of the molecule is Cc1ccc(=O)n(CC(=O)Nc2cccc(-c3cn4c(n3)SCC4)c2)n1. The average molecular weight is 367 g/mol. The third kappa shape index (κ3) is 3.41. The van der Waals surface area contributed by atoms with E-state index >= 15 is 0 Å². The van der Waals surface area contributed by atoms with Crippen molar-refractivity contribution >= 4 is 23.4 Å². The van der Waals surface area contributed by atoms with Crippen LogP contribution in [0.5, 0.6) is 0 Å². The van der Waals surface area contributed by atoms with Gasteiger partial charge < -0.3 is 9.88 Å². The first-order valence-corrected chi connectivity index (χ1v) is 9.22. The maximum atomic E-state index is 12.3. The third-order valence-corrected chi connectivity index (χ3v) is 5.01. The summed E-state index contributed by atoms with van der Waals surface area (Å²) in [5.41, 5.74) is 2.87. The minimum Gasteiger partial charge on any atom is -0.325 e. The van der Waals surface area contributed by atoms with Crippen LogP contribution in [0.1, 0.15) is 5.69 Å². The molecule has 0 saturated carbocycles. The van der Waals surface area contributed by atoms with Crippen LogP contribution in [0, 0.1) is 6.92 Å². The molecule has 7 nitrogen and oxygen atoms in total. The molecule has 1 amide bonds. The van der Waals surface area contributed by atoms with E-state index in [-0.39, 0.29) is 18.0 Å². The van der Waals surface area contributed by atoms with Crippen molar-refractivity contribution in [2.24, 2.45) is 0 Å². The number of rotatable bonds is 4. The van der Waals surface area contributed by atoms with Crippen molar-refractivity contribution in [1.82, 2.24) is 19.3 Å². The van der Waals surface area contributed by atoms with Crippen LogP contribution < -0.4 is 10.9 Å². The molecule has 0 saturated heterocycles. The Balaban J connectivity index is 1.50. The van der Waals surface area contributed by atoms with Crippen molar-refractivity contribution in [2.45, 2.75) is 25.2 Å². The van der Waals surface area contributed by atoms with Crippen molar-refractivity contribution < 1.29 is 4.79 Å². The van der Waals surface area contributed by atoms with Gasteiger partial charge in [-0.15, -0.1) is 0 Å². The minimum atomic E-state index is -0.301. The Hall–Kier alpha value is -2.87. The molecule has 1 aliphatic rings. The minimum absolute atomic E-state index is 0.125. The molecule has 0 spiro atoms. The van der Waals surface area contributed by atoms with E-state index < -0.39 is 0 Å². The number of imidazole rings is 1. The normalized spacial score (nSPS) is 12.8. The lowest BCUT2D eigenvalue weighted by Crippen LogP contribution is -2.29. The standard InChI is InChI=1S/C18H17N5O2S/c1-12-5-6-17(25)23(21-12)11-16(24)19-14-4-2-3-13(9-14)15-10-22-7-8-26-18(22)20-15/h2-6,9-10H,7-8,11H2,1H3,(H,19,24). The van der Waals surface area contributed by atoms with Gasteiger partial charge in [-0.2, -0.15) is 5.10 Å². The largest absolute Gasteiger partial charge is 0.325 e. The number of anilines is 1. The van der Waals surface area contributed by atoms with Crippen molar-refractivity contribution in [3.8, 4) is 11.3 Å². The highest BCUT2D eigenvalue weighted by atomic mass is 32.2.